The van der Waals surface area contributed by atoms with Gasteiger partial charge in [0.15, 0.2) is 6.29 Å². The maximum Gasteiger partial charge on any atom is 0.404 e. The number of rotatable bonds is 8. The number of ether oxygens (including phenoxy) is 1. The first-order valence-corrected chi connectivity index (χ1v) is 13.3. The Morgan fingerprint density at radius 2 is 1.85 bits per heavy atom. The van der Waals surface area contributed by atoms with Gasteiger partial charge in [0.2, 0.25) is 0 Å². The van der Waals surface area contributed by atoms with E-state index in [-0.39, 0.29) is 30.2 Å². The van der Waals surface area contributed by atoms with Gasteiger partial charge in [-0.3, -0.25) is 19.4 Å². The van der Waals surface area contributed by atoms with Gasteiger partial charge >= 0.3 is 6.09 Å². The van der Waals surface area contributed by atoms with Crippen LogP contribution in [0.5, 0.6) is 0 Å². The fraction of sp³-hybridized carbons (Fsp3) is 0.367. The number of anilines is 1. The van der Waals surface area contributed by atoms with E-state index in [2.05, 4.69) is 20.2 Å². The zero-order chi connectivity index (χ0) is 29.0. The van der Waals surface area contributed by atoms with Gasteiger partial charge in [-0.05, 0) is 87.4 Å². The van der Waals surface area contributed by atoms with Crippen molar-refractivity contribution >= 4 is 24.0 Å². The number of benzene rings is 1. The Bertz CT molecular complexity index is 1470. The number of carbonyl (C=O) groups excluding carboxylic acids is 3. The second-order valence-electron chi connectivity index (χ2n) is 10.4. The smallest absolute Gasteiger partial charge is 0.404 e. The average Bonchev–Trinajstić information content (AvgIpc) is 2.92. The first-order valence-electron chi connectivity index (χ1n) is 13.3. The molecule has 2 heterocycles. The van der Waals surface area contributed by atoms with Crippen LogP contribution in [0.3, 0.4) is 0 Å². The Balaban J connectivity index is 1.66. The second-order valence-corrected chi connectivity index (χ2v) is 10.4. The van der Waals surface area contributed by atoms with Crippen LogP contribution in [0.4, 0.5) is 10.5 Å². The van der Waals surface area contributed by atoms with Crippen LogP contribution in [0.15, 0.2) is 41.3 Å². The first kappa shape index (κ1) is 28.5. The predicted octanol–water partition coefficient (Wildman–Crippen LogP) is 3.95. The molecule has 1 aliphatic rings. The molecule has 3 aromatic rings. The number of aromatic amines is 1. The molecule has 2 aromatic heterocycles. The summed E-state index contributed by atoms with van der Waals surface area (Å²) in [5.74, 6) is -0.301. The van der Waals surface area contributed by atoms with E-state index in [0.717, 1.165) is 46.5 Å². The molecule has 0 atom stereocenters. The minimum absolute atomic E-state index is 0.0918. The maximum atomic E-state index is 13.5. The summed E-state index contributed by atoms with van der Waals surface area (Å²) >= 11 is 0. The van der Waals surface area contributed by atoms with Crippen molar-refractivity contribution in [2.45, 2.75) is 65.1 Å². The van der Waals surface area contributed by atoms with E-state index in [9.17, 15) is 19.2 Å². The van der Waals surface area contributed by atoms with E-state index >= 15 is 0 Å². The molecule has 210 valence electrons. The average molecular weight is 546 g/mol. The van der Waals surface area contributed by atoms with Crippen molar-refractivity contribution in [3.8, 4) is 11.1 Å². The van der Waals surface area contributed by atoms with Crippen LogP contribution in [0.2, 0.25) is 0 Å². The SMILES string of the molecule is Cc1cc(C)c(CNC(=O)c2cc(-c3ccc(C=O)nc3)cc(N(C)C3CCC(OC(N)=O)CC3)c2C)c(=O)[nH]1. The van der Waals surface area contributed by atoms with Gasteiger partial charge in [-0.2, -0.15) is 0 Å². The molecule has 0 spiro atoms. The summed E-state index contributed by atoms with van der Waals surface area (Å²) in [6.45, 7) is 5.66. The molecule has 4 N–H and O–H groups in total. The van der Waals surface area contributed by atoms with Gasteiger partial charge in [0.25, 0.3) is 11.5 Å². The molecule has 0 aliphatic heterocycles. The zero-order valence-electron chi connectivity index (χ0n) is 23.2. The van der Waals surface area contributed by atoms with Crippen molar-refractivity contribution in [3.05, 3.63) is 80.5 Å². The third kappa shape index (κ3) is 6.39. The van der Waals surface area contributed by atoms with Gasteiger partial charge in [0, 0.05) is 53.9 Å². The lowest BCUT2D eigenvalue weighted by molar-refractivity contribution is 0.0787. The van der Waals surface area contributed by atoms with Gasteiger partial charge < -0.3 is 25.7 Å². The lowest BCUT2D eigenvalue weighted by atomic mass is 9.90. The molecule has 2 amide bonds. The van der Waals surface area contributed by atoms with Crippen LogP contribution >= 0.6 is 0 Å². The quantitative estimate of drug-likeness (QED) is 0.363. The molecule has 10 heteroatoms. The largest absolute Gasteiger partial charge is 0.446 e. The van der Waals surface area contributed by atoms with E-state index in [1.54, 1.807) is 18.3 Å². The summed E-state index contributed by atoms with van der Waals surface area (Å²) in [5.41, 5.74) is 11.1. The standard InChI is InChI=1S/C30H35N5O5/c1-17-11-18(2)34-29(38)26(17)15-33-28(37)25-12-21(20-5-6-22(16-36)32-14-20)13-27(19(25)3)35(4)23-7-9-24(10-8-23)40-30(31)39/h5-6,11-14,16,23-24H,7-10,15H2,1-4H3,(H2,31,39)(H,33,37)(H,34,38). The summed E-state index contributed by atoms with van der Waals surface area (Å²) in [7, 11) is 2.00. The van der Waals surface area contributed by atoms with E-state index in [4.69, 9.17) is 10.5 Å². The Morgan fingerprint density at radius 3 is 2.45 bits per heavy atom. The van der Waals surface area contributed by atoms with Crippen LogP contribution in [-0.2, 0) is 11.3 Å². The Labute approximate surface area is 232 Å². The number of nitrogens with zero attached hydrogens (tertiary/aromatic N) is 2. The topological polar surface area (TPSA) is 147 Å². The van der Waals surface area contributed by atoms with Gasteiger partial charge in [0.05, 0.1) is 0 Å². The molecule has 0 bridgehead atoms. The molecule has 0 radical (unpaired) electrons. The summed E-state index contributed by atoms with van der Waals surface area (Å²) in [6.07, 6.45) is 4.35. The molecule has 40 heavy (non-hydrogen) atoms. The first-order chi connectivity index (χ1) is 19.1. The highest BCUT2D eigenvalue weighted by atomic mass is 16.6. The monoisotopic (exact) mass is 545 g/mol. The summed E-state index contributed by atoms with van der Waals surface area (Å²) in [6, 6.07) is 9.31. The fourth-order valence-corrected chi connectivity index (χ4v) is 5.39. The number of hydrogen-bond donors (Lipinski definition) is 3. The van der Waals surface area contributed by atoms with E-state index < -0.39 is 6.09 Å². The third-order valence-electron chi connectivity index (χ3n) is 7.64. The lowest BCUT2D eigenvalue weighted by Gasteiger charge is -2.36. The minimum atomic E-state index is -0.756. The van der Waals surface area contributed by atoms with Gasteiger partial charge in [-0.1, -0.05) is 6.07 Å². The Morgan fingerprint density at radius 1 is 1.12 bits per heavy atom. The van der Waals surface area contributed by atoms with Gasteiger partial charge in [-0.15, -0.1) is 0 Å². The normalized spacial score (nSPS) is 16.7. The second kappa shape index (κ2) is 12.1. The number of amides is 2. The third-order valence-corrected chi connectivity index (χ3v) is 7.64. The molecule has 1 fully saturated rings. The number of hydrogen-bond acceptors (Lipinski definition) is 7. The van der Waals surface area contributed by atoms with E-state index in [1.807, 2.05) is 46.0 Å². The number of aldehydes is 1. The van der Waals surface area contributed by atoms with Crippen molar-refractivity contribution in [3.63, 3.8) is 0 Å². The molecular weight excluding hydrogens is 510 g/mol. The lowest BCUT2D eigenvalue weighted by Crippen LogP contribution is -2.38. The molecule has 1 aromatic carbocycles. The number of H-pyrrole nitrogens is 1. The molecule has 0 unspecified atom stereocenters. The molecule has 4 rings (SSSR count). The van der Waals surface area contributed by atoms with Crippen molar-refractivity contribution in [1.29, 1.82) is 0 Å². The number of pyridine rings is 2. The summed E-state index contributed by atoms with van der Waals surface area (Å²) < 4.78 is 5.19. The summed E-state index contributed by atoms with van der Waals surface area (Å²) in [4.78, 5) is 57.5. The molecular formula is C30H35N5O5. The van der Waals surface area contributed by atoms with E-state index in [0.29, 0.717) is 35.9 Å². The highest BCUT2D eigenvalue weighted by Crippen LogP contribution is 2.34. The van der Waals surface area contributed by atoms with Crippen LogP contribution in [0.1, 0.15) is 68.9 Å². The molecule has 1 saturated carbocycles. The molecule has 1 aliphatic carbocycles. The number of nitrogens with one attached hydrogen (secondary N) is 2. The van der Waals surface area contributed by atoms with Crippen LogP contribution in [0, 0.1) is 20.8 Å². The summed E-state index contributed by atoms with van der Waals surface area (Å²) in [5, 5.41) is 2.92. The van der Waals surface area contributed by atoms with Crippen molar-refractivity contribution in [2.24, 2.45) is 5.73 Å². The Kier molecular flexibility index (Phi) is 8.67. The highest BCUT2D eigenvalue weighted by Gasteiger charge is 2.28. The minimum Gasteiger partial charge on any atom is -0.446 e. The van der Waals surface area contributed by atoms with Crippen molar-refractivity contribution < 1.29 is 19.1 Å². The predicted molar refractivity (Wildman–Crippen MR) is 153 cm³/mol. The molecule has 10 nitrogen and oxygen atoms in total. The number of primary amides is 1. The molecule has 0 saturated heterocycles. The zero-order valence-corrected chi connectivity index (χ0v) is 23.2. The fourth-order valence-electron chi connectivity index (χ4n) is 5.39. The van der Waals surface area contributed by atoms with Gasteiger partial charge in [0.1, 0.15) is 11.8 Å². The van der Waals surface area contributed by atoms with Crippen molar-refractivity contribution in [1.82, 2.24) is 15.3 Å². The van der Waals surface area contributed by atoms with Crippen molar-refractivity contribution in [2.75, 3.05) is 11.9 Å². The Hall–Kier alpha value is -4.47. The van der Waals surface area contributed by atoms with Crippen LogP contribution in [-0.4, -0.2) is 47.4 Å². The number of carbonyl (C=O) groups is 3. The number of aromatic nitrogens is 2. The maximum absolute atomic E-state index is 13.5. The van der Waals surface area contributed by atoms with Crippen LogP contribution < -0.4 is 21.5 Å². The number of nitrogens with two attached hydrogens (primary N) is 1. The van der Waals surface area contributed by atoms with Crippen LogP contribution in [0.25, 0.3) is 11.1 Å². The van der Waals surface area contributed by atoms with Gasteiger partial charge in [-0.25, -0.2) is 4.79 Å². The van der Waals surface area contributed by atoms with E-state index in [1.165, 1.54) is 0 Å². The number of aryl methyl sites for hydroxylation is 2. The highest BCUT2D eigenvalue weighted by molar-refractivity contribution is 5.99.